The molecule has 8 nitrogen and oxygen atoms in total. The fraction of sp³-hybridized carbons (Fsp3) is 0.444. The second-order valence-electron chi connectivity index (χ2n) is 6.77. The molecule has 3 aromatic heterocycles. The van der Waals surface area contributed by atoms with E-state index in [2.05, 4.69) is 20.6 Å². The van der Waals surface area contributed by atoms with Gasteiger partial charge < -0.3 is 14.6 Å². The van der Waals surface area contributed by atoms with Crippen LogP contribution in [0.15, 0.2) is 16.8 Å². The first-order valence-electron chi connectivity index (χ1n) is 8.92. The lowest BCUT2D eigenvalue weighted by Gasteiger charge is -2.10. The number of hydrogen-bond donors (Lipinski definition) is 1. The number of ether oxygens (including phenoxy) is 1. The molecule has 3 heterocycles. The Bertz CT molecular complexity index is 972. The monoisotopic (exact) mass is 387 g/mol. The summed E-state index contributed by atoms with van der Waals surface area (Å²) in [5.74, 6) is 0.967. The molecule has 0 spiro atoms. The molecular weight excluding hydrogens is 366 g/mol. The zero-order chi connectivity index (χ0) is 19.0. The van der Waals surface area contributed by atoms with Crippen LogP contribution in [-0.4, -0.2) is 31.9 Å². The number of rotatable bonds is 6. The van der Waals surface area contributed by atoms with Crippen LogP contribution in [-0.2, 0) is 31.1 Å². The molecule has 0 radical (unpaired) electrons. The topological polar surface area (TPSA) is 95.1 Å². The van der Waals surface area contributed by atoms with Gasteiger partial charge in [-0.2, -0.15) is 5.10 Å². The molecule has 1 N–H and O–H groups in total. The van der Waals surface area contributed by atoms with E-state index in [1.54, 1.807) is 6.07 Å². The molecule has 0 saturated carbocycles. The quantitative estimate of drug-likeness (QED) is 0.699. The molecule has 0 bridgehead atoms. The Morgan fingerprint density at radius 2 is 2.30 bits per heavy atom. The summed E-state index contributed by atoms with van der Waals surface area (Å²) in [4.78, 5) is 18.1. The van der Waals surface area contributed by atoms with Gasteiger partial charge in [0.15, 0.2) is 5.13 Å². The van der Waals surface area contributed by atoms with E-state index in [0.29, 0.717) is 29.6 Å². The summed E-state index contributed by atoms with van der Waals surface area (Å²) in [5, 5.41) is 11.7. The molecule has 27 heavy (non-hydrogen) atoms. The maximum atomic E-state index is 12.3. The third-order valence-corrected chi connectivity index (χ3v) is 5.37. The molecular formula is C18H21N5O3S. The highest BCUT2D eigenvalue weighted by atomic mass is 32.1. The van der Waals surface area contributed by atoms with Crippen LogP contribution in [0.25, 0.3) is 11.3 Å². The van der Waals surface area contributed by atoms with E-state index in [0.717, 1.165) is 24.1 Å². The Balaban J connectivity index is 1.37. The largest absolute Gasteiger partial charge is 0.473 e. The maximum Gasteiger partial charge on any atom is 0.254 e. The molecule has 9 heteroatoms. The highest BCUT2D eigenvalue weighted by Gasteiger charge is 2.24. The fourth-order valence-electron chi connectivity index (χ4n) is 3.10. The van der Waals surface area contributed by atoms with E-state index in [1.807, 2.05) is 31.8 Å². The predicted octanol–water partition coefficient (Wildman–Crippen LogP) is 2.99. The molecule has 0 saturated heterocycles. The first kappa shape index (κ1) is 17.7. The SMILES string of the molecule is CC(C)Oc1cc(CCC(=O)Nc2nc3c(s2)CCc2c-3cnn2C)on1. The highest BCUT2D eigenvalue weighted by Crippen LogP contribution is 2.37. The van der Waals surface area contributed by atoms with Crippen LogP contribution >= 0.6 is 11.3 Å². The lowest BCUT2D eigenvalue weighted by Crippen LogP contribution is -2.12. The van der Waals surface area contributed by atoms with Crippen molar-refractivity contribution in [1.29, 1.82) is 0 Å². The molecule has 1 aliphatic carbocycles. The van der Waals surface area contributed by atoms with Gasteiger partial charge in [0.1, 0.15) is 5.76 Å². The van der Waals surface area contributed by atoms with Gasteiger partial charge >= 0.3 is 0 Å². The van der Waals surface area contributed by atoms with Crippen molar-refractivity contribution in [3.63, 3.8) is 0 Å². The van der Waals surface area contributed by atoms with Crippen molar-refractivity contribution in [3.05, 3.63) is 28.6 Å². The zero-order valence-electron chi connectivity index (χ0n) is 15.5. The maximum absolute atomic E-state index is 12.3. The summed E-state index contributed by atoms with van der Waals surface area (Å²) in [7, 11) is 1.94. The van der Waals surface area contributed by atoms with E-state index < -0.39 is 0 Å². The van der Waals surface area contributed by atoms with E-state index in [4.69, 9.17) is 9.26 Å². The average molecular weight is 387 g/mol. The van der Waals surface area contributed by atoms with Crippen LogP contribution in [0.1, 0.15) is 36.6 Å². The van der Waals surface area contributed by atoms with Gasteiger partial charge in [0, 0.05) is 42.1 Å². The predicted molar refractivity (Wildman–Crippen MR) is 101 cm³/mol. The van der Waals surface area contributed by atoms with Crippen LogP contribution in [0, 0.1) is 0 Å². The van der Waals surface area contributed by atoms with Crippen LogP contribution < -0.4 is 10.1 Å². The number of aryl methyl sites for hydroxylation is 3. The highest BCUT2D eigenvalue weighted by molar-refractivity contribution is 7.16. The van der Waals surface area contributed by atoms with Gasteiger partial charge in [0.25, 0.3) is 5.88 Å². The Hall–Kier alpha value is -2.68. The molecule has 0 aromatic carbocycles. The second kappa shape index (κ2) is 7.15. The van der Waals surface area contributed by atoms with E-state index in [-0.39, 0.29) is 12.0 Å². The Labute approximate surface area is 160 Å². The molecule has 4 rings (SSSR count). The van der Waals surface area contributed by atoms with Crippen molar-refractivity contribution >= 4 is 22.4 Å². The van der Waals surface area contributed by atoms with Gasteiger partial charge in [-0.15, -0.1) is 11.3 Å². The summed E-state index contributed by atoms with van der Waals surface area (Å²) in [6, 6.07) is 1.72. The number of carbonyl (C=O) groups excluding carboxylic acids is 1. The number of fused-ring (bicyclic) bond motifs is 3. The van der Waals surface area contributed by atoms with E-state index >= 15 is 0 Å². The van der Waals surface area contributed by atoms with Gasteiger partial charge in [-0.1, -0.05) is 0 Å². The van der Waals surface area contributed by atoms with Crippen molar-refractivity contribution in [2.75, 3.05) is 5.32 Å². The van der Waals surface area contributed by atoms with Gasteiger partial charge in [-0.3, -0.25) is 9.48 Å². The van der Waals surface area contributed by atoms with Crippen molar-refractivity contribution < 1.29 is 14.1 Å². The van der Waals surface area contributed by atoms with Gasteiger partial charge in [0.2, 0.25) is 5.91 Å². The number of thiazole rings is 1. The van der Waals surface area contributed by atoms with E-state index in [1.165, 1.54) is 21.9 Å². The number of amides is 1. The molecule has 0 unspecified atom stereocenters. The molecule has 142 valence electrons. The summed E-state index contributed by atoms with van der Waals surface area (Å²) in [6.07, 6.45) is 4.49. The Morgan fingerprint density at radius 1 is 1.44 bits per heavy atom. The molecule has 1 amide bonds. The number of nitrogens with zero attached hydrogens (tertiary/aromatic N) is 4. The number of hydrogen-bond acceptors (Lipinski definition) is 7. The number of aromatic nitrogens is 4. The minimum atomic E-state index is -0.102. The fourth-order valence-corrected chi connectivity index (χ4v) is 4.09. The standard InChI is InChI=1S/C18H21N5O3S/c1-10(2)25-16-8-11(26-22-16)4-7-15(24)20-18-21-17-12-9-19-23(3)13(12)5-6-14(17)27-18/h8-10H,4-7H2,1-3H3,(H,20,21,24). The van der Waals surface area contributed by atoms with Gasteiger partial charge in [0.05, 0.1) is 18.0 Å². The minimum Gasteiger partial charge on any atom is -0.473 e. The van der Waals surface area contributed by atoms with E-state index in [9.17, 15) is 4.79 Å². The van der Waals surface area contributed by atoms with Crippen molar-refractivity contribution in [1.82, 2.24) is 19.9 Å². The normalized spacial score (nSPS) is 12.7. The van der Waals surface area contributed by atoms with Crippen LogP contribution in [0.2, 0.25) is 0 Å². The minimum absolute atomic E-state index is 0.0301. The second-order valence-corrected chi connectivity index (χ2v) is 7.85. The molecule has 0 atom stereocenters. The molecule has 3 aromatic rings. The third kappa shape index (κ3) is 3.73. The number of anilines is 1. The average Bonchev–Trinajstić information content (AvgIpc) is 3.31. The van der Waals surface area contributed by atoms with Crippen molar-refractivity contribution in [3.8, 4) is 17.1 Å². The third-order valence-electron chi connectivity index (χ3n) is 4.34. The summed E-state index contributed by atoms with van der Waals surface area (Å²) >= 11 is 1.53. The lowest BCUT2D eigenvalue weighted by molar-refractivity contribution is -0.116. The van der Waals surface area contributed by atoms with Gasteiger partial charge in [-0.05, 0) is 31.8 Å². The Kier molecular flexibility index (Phi) is 4.69. The zero-order valence-corrected chi connectivity index (χ0v) is 16.3. The first-order valence-corrected chi connectivity index (χ1v) is 9.74. The smallest absolute Gasteiger partial charge is 0.254 e. The van der Waals surface area contributed by atoms with Crippen LogP contribution in [0.4, 0.5) is 5.13 Å². The molecule has 0 fully saturated rings. The summed E-state index contributed by atoms with van der Waals surface area (Å²) in [6.45, 7) is 3.84. The lowest BCUT2D eigenvalue weighted by atomic mass is 10.0. The first-order chi connectivity index (χ1) is 13.0. The molecule has 1 aliphatic rings. The number of nitrogens with one attached hydrogen (secondary N) is 1. The van der Waals surface area contributed by atoms with Crippen LogP contribution in [0.5, 0.6) is 5.88 Å². The van der Waals surface area contributed by atoms with Crippen molar-refractivity contribution in [2.45, 2.75) is 45.6 Å². The summed E-state index contributed by atoms with van der Waals surface area (Å²) < 4.78 is 12.5. The number of carbonyl (C=O) groups is 1. The molecule has 0 aliphatic heterocycles. The van der Waals surface area contributed by atoms with Gasteiger partial charge in [-0.25, -0.2) is 4.98 Å². The summed E-state index contributed by atoms with van der Waals surface area (Å²) in [5.41, 5.74) is 3.20. The van der Waals surface area contributed by atoms with Crippen molar-refractivity contribution in [2.24, 2.45) is 7.05 Å². The Morgan fingerprint density at radius 3 is 3.11 bits per heavy atom. The van der Waals surface area contributed by atoms with Crippen LogP contribution in [0.3, 0.4) is 0 Å².